The summed E-state index contributed by atoms with van der Waals surface area (Å²) in [7, 11) is 0. The van der Waals surface area contributed by atoms with Crippen LogP contribution in [0.15, 0.2) is 24.3 Å². The largest absolute Gasteiger partial charge is 0.485 e. The zero-order chi connectivity index (χ0) is 24.5. The first-order valence-electron chi connectivity index (χ1n) is 12.8. The van der Waals surface area contributed by atoms with E-state index in [0.717, 1.165) is 32.1 Å². The van der Waals surface area contributed by atoms with Crippen LogP contribution in [0.2, 0.25) is 0 Å². The normalized spacial score (nSPS) is 13.9. The molecule has 0 saturated heterocycles. The number of carbonyl (C=O) groups excluding carboxylic acids is 2. The predicted octanol–water partition coefficient (Wildman–Crippen LogP) is 5.94. The zero-order valence-electron chi connectivity index (χ0n) is 20.9. The number of aliphatic hydroxyl groups is 1. The van der Waals surface area contributed by atoms with Gasteiger partial charge in [-0.15, -0.1) is 0 Å². The van der Waals surface area contributed by atoms with Crippen LogP contribution in [0.25, 0.3) is 0 Å². The quantitative estimate of drug-likeness (QED) is 0.142. The fourth-order valence-electron chi connectivity index (χ4n) is 3.68. The molecule has 6 heteroatoms. The van der Waals surface area contributed by atoms with Gasteiger partial charge in [-0.1, -0.05) is 71.6 Å². The Bertz CT molecular complexity index is 661. The van der Waals surface area contributed by atoms with Crippen molar-refractivity contribution in [3.8, 4) is 5.75 Å². The number of aliphatic hydroxyl groups excluding tert-OH is 1. The summed E-state index contributed by atoms with van der Waals surface area (Å²) in [6.07, 6.45) is 10.6. The molecule has 0 aliphatic carbocycles. The molecule has 6 nitrogen and oxygen atoms in total. The lowest BCUT2D eigenvalue weighted by Gasteiger charge is -2.26. The summed E-state index contributed by atoms with van der Waals surface area (Å²) in [5.41, 5.74) is 5.93. The average Bonchev–Trinajstić information content (AvgIpc) is 2.80. The first kappa shape index (κ1) is 29.1. The molecule has 0 aliphatic rings. The number of hydrogen-bond donors (Lipinski definition) is 2. The highest BCUT2D eigenvalue weighted by atomic mass is 16.6. The van der Waals surface area contributed by atoms with E-state index in [1.54, 1.807) is 24.3 Å². The van der Waals surface area contributed by atoms with Crippen LogP contribution in [0.1, 0.15) is 115 Å². The Hall–Kier alpha value is -1.92. The fraction of sp³-hybridized carbons (Fsp3) is 0.704. The molecule has 0 spiro atoms. The molecule has 3 atom stereocenters. The third kappa shape index (κ3) is 12.8. The second-order valence-corrected chi connectivity index (χ2v) is 8.90. The zero-order valence-corrected chi connectivity index (χ0v) is 20.9. The van der Waals surface area contributed by atoms with E-state index in [0.29, 0.717) is 24.2 Å². The van der Waals surface area contributed by atoms with Crippen LogP contribution < -0.4 is 10.5 Å². The van der Waals surface area contributed by atoms with Gasteiger partial charge in [-0.05, 0) is 50.5 Å². The molecule has 0 radical (unpaired) electrons. The maximum atomic E-state index is 12.4. The van der Waals surface area contributed by atoms with Crippen LogP contribution in [-0.4, -0.2) is 35.3 Å². The van der Waals surface area contributed by atoms with E-state index < -0.39 is 24.4 Å². The Morgan fingerprint density at radius 3 is 2.00 bits per heavy atom. The number of benzene rings is 1. The molecule has 33 heavy (non-hydrogen) atoms. The van der Waals surface area contributed by atoms with E-state index in [2.05, 4.69) is 13.8 Å². The second-order valence-electron chi connectivity index (χ2n) is 8.90. The van der Waals surface area contributed by atoms with Crippen molar-refractivity contribution in [1.82, 2.24) is 0 Å². The van der Waals surface area contributed by atoms with Gasteiger partial charge in [0.15, 0.2) is 12.1 Å². The van der Waals surface area contributed by atoms with Crippen molar-refractivity contribution in [3.05, 3.63) is 29.8 Å². The molecule has 0 aliphatic heterocycles. The Morgan fingerprint density at radius 1 is 0.879 bits per heavy atom. The minimum Gasteiger partial charge on any atom is -0.485 e. The van der Waals surface area contributed by atoms with E-state index in [4.69, 9.17) is 15.2 Å². The number of ketones is 1. The van der Waals surface area contributed by atoms with Gasteiger partial charge in [-0.3, -0.25) is 9.59 Å². The van der Waals surface area contributed by atoms with E-state index in [1.807, 2.05) is 0 Å². The van der Waals surface area contributed by atoms with Gasteiger partial charge in [0.05, 0.1) is 0 Å². The Labute approximate surface area is 200 Å². The number of amides is 1. The van der Waals surface area contributed by atoms with Crippen molar-refractivity contribution in [1.29, 1.82) is 0 Å². The SMILES string of the molecule is CCCCCCCCC(Oc1ccc(C(=O)CCCCCCC)cc1)C(O)O[C@@H](C)C(N)=O. The van der Waals surface area contributed by atoms with Crippen molar-refractivity contribution in [3.63, 3.8) is 0 Å². The van der Waals surface area contributed by atoms with Crippen molar-refractivity contribution < 1.29 is 24.2 Å². The minimum atomic E-state index is -1.27. The number of Topliss-reactive ketones (excluding diaryl/α,β-unsaturated/α-hetero) is 1. The van der Waals surface area contributed by atoms with Crippen LogP contribution in [-0.2, 0) is 9.53 Å². The van der Waals surface area contributed by atoms with Crippen LogP contribution in [0.4, 0.5) is 0 Å². The summed E-state index contributed by atoms with van der Waals surface area (Å²) >= 11 is 0. The first-order chi connectivity index (χ1) is 15.9. The average molecular weight is 464 g/mol. The van der Waals surface area contributed by atoms with Gasteiger partial charge in [0.25, 0.3) is 0 Å². The van der Waals surface area contributed by atoms with Crippen molar-refractivity contribution in [2.45, 2.75) is 123 Å². The lowest BCUT2D eigenvalue weighted by Crippen LogP contribution is -2.40. The smallest absolute Gasteiger partial charge is 0.246 e. The predicted molar refractivity (Wildman–Crippen MR) is 132 cm³/mol. The molecule has 1 aromatic rings. The fourth-order valence-corrected chi connectivity index (χ4v) is 3.68. The summed E-state index contributed by atoms with van der Waals surface area (Å²) in [4.78, 5) is 23.7. The molecule has 1 rings (SSSR count). The van der Waals surface area contributed by atoms with Gasteiger partial charge in [0, 0.05) is 12.0 Å². The van der Waals surface area contributed by atoms with E-state index in [-0.39, 0.29) is 5.78 Å². The summed E-state index contributed by atoms with van der Waals surface area (Å²) < 4.78 is 11.4. The van der Waals surface area contributed by atoms with Crippen LogP contribution in [0.5, 0.6) is 5.75 Å². The monoisotopic (exact) mass is 463 g/mol. The molecule has 0 bridgehead atoms. The molecule has 188 valence electrons. The molecule has 0 heterocycles. The Kier molecular flexibility index (Phi) is 15.5. The first-order valence-corrected chi connectivity index (χ1v) is 12.8. The van der Waals surface area contributed by atoms with Gasteiger partial charge in [0.2, 0.25) is 5.91 Å². The molecular formula is C27H45NO5. The van der Waals surface area contributed by atoms with Gasteiger partial charge in [0.1, 0.15) is 18.0 Å². The van der Waals surface area contributed by atoms with E-state index in [1.165, 1.54) is 45.4 Å². The number of carbonyl (C=O) groups is 2. The summed E-state index contributed by atoms with van der Waals surface area (Å²) in [5.74, 6) is 0.0603. The van der Waals surface area contributed by atoms with Crippen LogP contribution in [0.3, 0.4) is 0 Å². The lowest BCUT2D eigenvalue weighted by molar-refractivity contribution is -0.183. The number of ether oxygens (including phenoxy) is 2. The van der Waals surface area contributed by atoms with Gasteiger partial charge in [-0.25, -0.2) is 0 Å². The third-order valence-corrected chi connectivity index (χ3v) is 5.88. The molecule has 0 saturated carbocycles. The number of unbranched alkanes of at least 4 members (excludes halogenated alkanes) is 9. The summed E-state index contributed by atoms with van der Waals surface area (Å²) in [6, 6.07) is 7.04. The summed E-state index contributed by atoms with van der Waals surface area (Å²) in [6.45, 7) is 5.87. The van der Waals surface area contributed by atoms with Gasteiger partial charge >= 0.3 is 0 Å². The van der Waals surface area contributed by atoms with Crippen molar-refractivity contribution in [2.24, 2.45) is 5.73 Å². The Morgan fingerprint density at radius 2 is 1.42 bits per heavy atom. The van der Waals surface area contributed by atoms with E-state index in [9.17, 15) is 14.7 Å². The van der Waals surface area contributed by atoms with Crippen molar-refractivity contribution in [2.75, 3.05) is 0 Å². The number of primary amides is 1. The Balaban J connectivity index is 2.64. The van der Waals surface area contributed by atoms with Gasteiger partial charge < -0.3 is 20.3 Å². The lowest BCUT2D eigenvalue weighted by atomic mass is 10.0. The summed E-state index contributed by atoms with van der Waals surface area (Å²) in [5, 5.41) is 10.5. The minimum absolute atomic E-state index is 0.139. The second kappa shape index (κ2) is 17.5. The molecular weight excluding hydrogens is 418 g/mol. The number of rotatable bonds is 20. The maximum absolute atomic E-state index is 12.4. The highest BCUT2D eigenvalue weighted by molar-refractivity contribution is 5.96. The van der Waals surface area contributed by atoms with Crippen LogP contribution in [0, 0.1) is 0 Å². The molecule has 3 N–H and O–H groups in total. The molecule has 1 amide bonds. The molecule has 0 fully saturated rings. The number of nitrogens with two attached hydrogens (primary N) is 1. The highest BCUT2D eigenvalue weighted by Crippen LogP contribution is 2.21. The number of hydrogen-bond acceptors (Lipinski definition) is 5. The highest BCUT2D eigenvalue weighted by Gasteiger charge is 2.25. The third-order valence-electron chi connectivity index (χ3n) is 5.88. The molecule has 1 aromatic carbocycles. The molecule has 2 unspecified atom stereocenters. The molecule has 0 aromatic heterocycles. The maximum Gasteiger partial charge on any atom is 0.246 e. The standard InChI is InChI=1S/C27H45NO5/c1-4-6-8-10-12-14-16-25(27(31)32-21(3)26(28)30)33-23-19-17-22(18-20-23)24(29)15-13-11-9-7-5-2/h17-21,25,27,31H,4-16H2,1-3H3,(H2,28,30)/t21-,25?,27?/m0/s1. The van der Waals surface area contributed by atoms with E-state index >= 15 is 0 Å². The topological polar surface area (TPSA) is 98.8 Å². The van der Waals surface area contributed by atoms with Crippen LogP contribution >= 0.6 is 0 Å². The van der Waals surface area contributed by atoms with Crippen molar-refractivity contribution >= 4 is 11.7 Å². The van der Waals surface area contributed by atoms with Gasteiger partial charge in [-0.2, -0.15) is 0 Å².